The zero-order chi connectivity index (χ0) is 23.4. The van der Waals surface area contributed by atoms with E-state index in [9.17, 15) is 15.3 Å². The molecule has 3 nitrogen and oxygen atoms in total. The topological polar surface area (TPSA) is 60.7 Å². The summed E-state index contributed by atoms with van der Waals surface area (Å²) < 4.78 is 0. The molecule has 0 bridgehead atoms. The number of fused-ring (bicyclic) bond motifs is 5. The van der Waals surface area contributed by atoms with Gasteiger partial charge in [-0.25, -0.2) is 0 Å². The van der Waals surface area contributed by atoms with Crippen LogP contribution in [-0.2, 0) is 0 Å². The second-order valence-electron chi connectivity index (χ2n) is 13.0. The van der Waals surface area contributed by atoms with Crippen LogP contribution < -0.4 is 0 Å². The molecule has 11 atom stereocenters. The average molecular weight is 447 g/mol. The summed E-state index contributed by atoms with van der Waals surface area (Å²) in [6.07, 6.45) is 11.2. The van der Waals surface area contributed by atoms with E-state index in [1.807, 2.05) is 0 Å². The first-order valence-electron chi connectivity index (χ1n) is 13.8. The Morgan fingerprint density at radius 1 is 0.969 bits per heavy atom. The van der Waals surface area contributed by atoms with Crippen molar-refractivity contribution in [1.29, 1.82) is 0 Å². The Labute approximate surface area is 197 Å². The summed E-state index contributed by atoms with van der Waals surface area (Å²) in [5.41, 5.74) is 2.10. The number of hydrogen-bond donors (Lipinski definition) is 3. The molecule has 184 valence electrons. The molecule has 0 aliphatic heterocycles. The van der Waals surface area contributed by atoms with E-state index in [1.165, 1.54) is 32.1 Å². The largest absolute Gasteiger partial charge is 0.393 e. The van der Waals surface area contributed by atoms with E-state index in [-0.39, 0.29) is 28.8 Å². The highest BCUT2D eigenvalue weighted by atomic mass is 16.3. The fourth-order valence-electron chi connectivity index (χ4n) is 9.46. The summed E-state index contributed by atoms with van der Waals surface area (Å²) in [6.45, 7) is 13.7. The van der Waals surface area contributed by atoms with Crippen molar-refractivity contribution in [2.75, 3.05) is 0 Å². The second-order valence-corrected chi connectivity index (χ2v) is 13.0. The van der Waals surface area contributed by atoms with Crippen LogP contribution >= 0.6 is 0 Å². The fourth-order valence-corrected chi connectivity index (χ4v) is 9.46. The van der Waals surface area contributed by atoms with Crippen LogP contribution in [-0.4, -0.2) is 33.6 Å². The van der Waals surface area contributed by atoms with Gasteiger partial charge in [-0.3, -0.25) is 0 Å². The summed E-state index contributed by atoms with van der Waals surface area (Å²) >= 11 is 0. The van der Waals surface area contributed by atoms with Crippen LogP contribution in [0.1, 0.15) is 99.3 Å². The summed E-state index contributed by atoms with van der Waals surface area (Å²) in [7, 11) is 0. The molecule has 3 heteroatoms. The first-order valence-corrected chi connectivity index (χ1v) is 13.8. The minimum Gasteiger partial charge on any atom is -0.393 e. The molecule has 0 aromatic rings. The average Bonchev–Trinajstić information content (AvgIpc) is 3.10. The zero-order valence-corrected chi connectivity index (χ0v) is 21.6. The van der Waals surface area contributed by atoms with Gasteiger partial charge in [-0.1, -0.05) is 59.6 Å². The van der Waals surface area contributed by atoms with Crippen molar-refractivity contribution >= 4 is 0 Å². The first-order chi connectivity index (χ1) is 15.0. The lowest BCUT2D eigenvalue weighted by molar-refractivity contribution is -0.0991. The molecule has 0 aromatic heterocycles. The van der Waals surface area contributed by atoms with Crippen molar-refractivity contribution in [3.63, 3.8) is 0 Å². The third kappa shape index (κ3) is 3.83. The molecular weight excluding hydrogens is 396 g/mol. The van der Waals surface area contributed by atoms with Gasteiger partial charge in [0, 0.05) is 0 Å². The molecule has 1 unspecified atom stereocenters. The molecule has 0 amide bonds. The smallest absolute Gasteiger partial charge is 0.0832 e. The second kappa shape index (κ2) is 9.00. The van der Waals surface area contributed by atoms with Gasteiger partial charge in [0.25, 0.3) is 0 Å². The fraction of sp³-hybridized carbons (Fsp3) is 0.931. The maximum Gasteiger partial charge on any atom is 0.0832 e. The number of aliphatic hydroxyl groups excluding tert-OH is 3. The predicted molar refractivity (Wildman–Crippen MR) is 131 cm³/mol. The molecule has 0 aromatic carbocycles. The lowest BCUT2D eigenvalue weighted by Gasteiger charge is -2.58. The summed E-state index contributed by atoms with van der Waals surface area (Å²) in [5, 5.41) is 32.6. The van der Waals surface area contributed by atoms with E-state index < -0.39 is 12.2 Å². The first kappa shape index (κ1) is 24.7. The zero-order valence-electron chi connectivity index (χ0n) is 21.6. The van der Waals surface area contributed by atoms with Crippen molar-refractivity contribution < 1.29 is 15.3 Å². The Balaban J connectivity index is 1.53. The van der Waals surface area contributed by atoms with Gasteiger partial charge in [0.2, 0.25) is 0 Å². The number of rotatable bonds is 6. The number of aliphatic hydroxyl groups is 3. The van der Waals surface area contributed by atoms with Crippen LogP contribution in [0.2, 0.25) is 0 Å². The van der Waals surface area contributed by atoms with Crippen LogP contribution in [0.4, 0.5) is 0 Å². The van der Waals surface area contributed by atoms with E-state index >= 15 is 0 Å². The summed E-state index contributed by atoms with van der Waals surface area (Å²) in [6, 6.07) is 0. The van der Waals surface area contributed by atoms with E-state index in [1.54, 1.807) is 5.57 Å². The van der Waals surface area contributed by atoms with E-state index in [0.717, 1.165) is 43.4 Å². The van der Waals surface area contributed by atoms with Gasteiger partial charge in [0.05, 0.1) is 18.3 Å². The quantitative estimate of drug-likeness (QED) is 0.441. The van der Waals surface area contributed by atoms with Crippen molar-refractivity contribution in [2.45, 2.75) is 118 Å². The van der Waals surface area contributed by atoms with Gasteiger partial charge in [-0.05, 0) is 104 Å². The van der Waals surface area contributed by atoms with Gasteiger partial charge in [0.15, 0.2) is 0 Å². The van der Waals surface area contributed by atoms with E-state index in [2.05, 4.69) is 47.6 Å². The molecule has 4 aliphatic carbocycles. The summed E-state index contributed by atoms with van der Waals surface area (Å²) in [4.78, 5) is 0. The van der Waals surface area contributed by atoms with Crippen LogP contribution in [0.15, 0.2) is 11.6 Å². The molecular formula is C29H50O3. The number of allylic oxidation sites excluding steroid dienone is 1. The SMILES string of the molecule is CCC(C(C)C)[C@@H](O)[C@H](O)[C@@H](C)[C@H]1CC[C@H]2[C@@H]3CC=C4C[C@@H](O)CC[C@]4(C)[C@H]3CC[C@]12C. The lowest BCUT2D eigenvalue weighted by atomic mass is 9.47. The van der Waals surface area contributed by atoms with Gasteiger partial charge >= 0.3 is 0 Å². The van der Waals surface area contributed by atoms with Crippen molar-refractivity contribution in [3.05, 3.63) is 11.6 Å². The molecule has 3 N–H and O–H groups in total. The van der Waals surface area contributed by atoms with E-state index in [4.69, 9.17) is 0 Å². The lowest BCUT2D eigenvalue weighted by Crippen LogP contribution is -2.52. The third-order valence-corrected chi connectivity index (χ3v) is 11.4. The maximum absolute atomic E-state index is 11.3. The van der Waals surface area contributed by atoms with Gasteiger partial charge in [-0.2, -0.15) is 0 Å². The molecule has 4 rings (SSSR count). The standard InChI is InChI=1S/C29H50O3/c1-7-21(17(2)3)27(32)26(31)18(4)23-10-11-24-22-9-8-19-16-20(30)12-14-28(19,5)25(22)13-15-29(23,24)6/h8,17-18,20-27,30-32H,7,9-16H2,1-6H3/t18-,20-,21?,22-,23+,24-,25-,26+,27+,28-,29+/m0/s1. The van der Waals surface area contributed by atoms with Crippen molar-refractivity contribution in [2.24, 2.45) is 52.3 Å². The Morgan fingerprint density at radius 3 is 2.34 bits per heavy atom. The van der Waals surface area contributed by atoms with Gasteiger partial charge in [0.1, 0.15) is 0 Å². The van der Waals surface area contributed by atoms with Crippen LogP contribution in [0, 0.1) is 52.3 Å². The van der Waals surface area contributed by atoms with Crippen LogP contribution in [0.25, 0.3) is 0 Å². The Hall–Kier alpha value is -0.380. The van der Waals surface area contributed by atoms with Crippen molar-refractivity contribution in [1.82, 2.24) is 0 Å². The van der Waals surface area contributed by atoms with Crippen molar-refractivity contribution in [3.8, 4) is 0 Å². The Bertz CT molecular complexity index is 701. The Kier molecular flexibility index (Phi) is 6.96. The molecule has 32 heavy (non-hydrogen) atoms. The molecule has 0 spiro atoms. The normalized spacial score (nSPS) is 45.3. The summed E-state index contributed by atoms with van der Waals surface area (Å²) in [5.74, 6) is 3.41. The molecule has 0 heterocycles. The number of hydrogen-bond acceptors (Lipinski definition) is 3. The van der Waals surface area contributed by atoms with Gasteiger partial charge in [-0.15, -0.1) is 0 Å². The van der Waals surface area contributed by atoms with Crippen LogP contribution in [0.3, 0.4) is 0 Å². The molecule has 0 radical (unpaired) electrons. The highest BCUT2D eigenvalue weighted by molar-refractivity contribution is 5.25. The molecule has 0 saturated heterocycles. The maximum atomic E-state index is 11.3. The molecule has 3 fully saturated rings. The minimum absolute atomic E-state index is 0.137. The van der Waals surface area contributed by atoms with E-state index in [0.29, 0.717) is 11.8 Å². The predicted octanol–water partition coefficient (Wildman–Crippen LogP) is 5.97. The van der Waals surface area contributed by atoms with Crippen LogP contribution in [0.5, 0.6) is 0 Å². The molecule has 3 saturated carbocycles. The molecule has 4 aliphatic rings. The Morgan fingerprint density at radius 2 is 1.69 bits per heavy atom. The highest BCUT2D eigenvalue weighted by Gasteiger charge is 2.59. The minimum atomic E-state index is -0.629. The third-order valence-electron chi connectivity index (χ3n) is 11.4. The highest BCUT2D eigenvalue weighted by Crippen LogP contribution is 2.67. The van der Waals surface area contributed by atoms with Gasteiger partial charge < -0.3 is 15.3 Å². The monoisotopic (exact) mass is 446 g/mol.